The van der Waals surface area contributed by atoms with Crippen LogP contribution in [0.25, 0.3) is 27.7 Å². The molecule has 0 amide bonds. The lowest BCUT2D eigenvalue weighted by atomic mass is 10.1. The van der Waals surface area contributed by atoms with Gasteiger partial charge in [-0.2, -0.15) is 0 Å². The second-order valence-corrected chi connectivity index (χ2v) is 5.23. The molecule has 3 heterocycles. The fourth-order valence-corrected chi connectivity index (χ4v) is 3.25. The molecule has 22 heavy (non-hydrogen) atoms. The lowest BCUT2D eigenvalue weighted by molar-refractivity contribution is 0.406. The van der Waals surface area contributed by atoms with Gasteiger partial charge in [-0.05, 0) is 19.1 Å². The Labute approximate surface area is 125 Å². The van der Waals surface area contributed by atoms with E-state index < -0.39 is 11.0 Å². The average Bonchev–Trinajstić information content (AvgIpc) is 2.89. The number of benzene rings is 1. The van der Waals surface area contributed by atoms with Crippen LogP contribution in [0.15, 0.2) is 46.1 Å². The monoisotopic (exact) mass is 294 g/mol. The molecule has 2 aromatic rings. The third kappa shape index (κ3) is 1.38. The zero-order chi connectivity index (χ0) is 15.4. The normalized spacial score (nSPS) is 11.7. The Morgan fingerprint density at radius 1 is 1.05 bits per heavy atom. The Hall–Kier alpha value is -2.82. The van der Waals surface area contributed by atoms with E-state index in [4.69, 9.17) is 4.74 Å². The molecular formula is C17H14N2O3. The highest BCUT2D eigenvalue weighted by Gasteiger charge is 2.26. The summed E-state index contributed by atoms with van der Waals surface area (Å²) in [6, 6.07) is 9.60. The predicted molar refractivity (Wildman–Crippen MR) is 85.5 cm³/mol. The molecule has 0 N–H and O–H groups in total. The number of pyridine rings is 2. The van der Waals surface area contributed by atoms with Crippen LogP contribution < -0.4 is 15.7 Å². The number of ether oxygens (including phenoxy) is 1. The molecule has 4 rings (SSSR count). The zero-order valence-electron chi connectivity index (χ0n) is 12.3. The molecule has 1 aromatic heterocycles. The summed E-state index contributed by atoms with van der Waals surface area (Å²) in [5.74, 6) is 0.118. The SMILES string of the molecule is CCn1ccc2c3n(c(=O)c(=O)c(OC)c1-3)c1ccccc21. The van der Waals surface area contributed by atoms with Crippen molar-refractivity contribution < 1.29 is 4.74 Å². The quantitative estimate of drug-likeness (QED) is 0.532. The Morgan fingerprint density at radius 3 is 2.55 bits per heavy atom. The molecule has 0 radical (unpaired) electrons. The highest BCUT2D eigenvalue weighted by molar-refractivity contribution is 6.07. The van der Waals surface area contributed by atoms with Crippen LogP contribution >= 0.6 is 0 Å². The number of methoxy groups -OCH3 is 1. The van der Waals surface area contributed by atoms with Crippen molar-refractivity contribution in [3.63, 3.8) is 0 Å². The van der Waals surface area contributed by atoms with Crippen LogP contribution in [-0.2, 0) is 6.54 Å². The van der Waals surface area contributed by atoms with Crippen LogP contribution in [0.3, 0.4) is 0 Å². The number of rotatable bonds is 2. The number of aryl methyl sites for hydroxylation is 1. The van der Waals surface area contributed by atoms with Gasteiger partial charge < -0.3 is 9.30 Å². The van der Waals surface area contributed by atoms with Crippen molar-refractivity contribution in [2.75, 3.05) is 7.11 Å². The number of hydrogen-bond donors (Lipinski definition) is 0. The first-order chi connectivity index (χ1) is 10.7. The Morgan fingerprint density at radius 2 is 1.82 bits per heavy atom. The number of nitrogens with zero attached hydrogens (tertiary/aromatic N) is 2. The standard InChI is InChI=1S/C17H14N2O3/c1-3-18-9-8-11-10-6-4-5-7-12(10)19-13(11)14(18)16(22-2)15(20)17(19)21/h4-9H,3H2,1-2H3. The third-order valence-electron chi connectivity index (χ3n) is 4.21. The van der Waals surface area contributed by atoms with Gasteiger partial charge in [0.25, 0.3) is 5.43 Å². The third-order valence-corrected chi connectivity index (χ3v) is 4.21. The van der Waals surface area contributed by atoms with Gasteiger partial charge in [0.15, 0.2) is 5.75 Å². The number of hydrogen-bond acceptors (Lipinski definition) is 3. The Kier molecular flexibility index (Phi) is 2.54. The summed E-state index contributed by atoms with van der Waals surface area (Å²) in [7, 11) is 1.43. The van der Waals surface area contributed by atoms with E-state index in [0.717, 1.165) is 22.0 Å². The first-order valence-corrected chi connectivity index (χ1v) is 7.15. The van der Waals surface area contributed by atoms with E-state index in [0.29, 0.717) is 12.2 Å². The Bertz CT molecular complexity index is 1090. The van der Waals surface area contributed by atoms with Crippen molar-refractivity contribution in [3.05, 3.63) is 57.1 Å². The summed E-state index contributed by atoms with van der Waals surface area (Å²) in [5.41, 5.74) is 0.992. The second kappa shape index (κ2) is 4.34. The zero-order valence-corrected chi connectivity index (χ0v) is 12.3. The molecule has 110 valence electrons. The van der Waals surface area contributed by atoms with Gasteiger partial charge in [-0.25, -0.2) is 0 Å². The topological polar surface area (TPSA) is 52.7 Å². The van der Waals surface area contributed by atoms with Crippen molar-refractivity contribution in [1.29, 1.82) is 0 Å². The molecule has 0 atom stereocenters. The smallest absolute Gasteiger partial charge is 0.307 e. The first-order valence-electron chi connectivity index (χ1n) is 7.15. The first kappa shape index (κ1) is 12.9. The maximum absolute atomic E-state index is 12.6. The van der Waals surface area contributed by atoms with Crippen LogP contribution in [0, 0.1) is 0 Å². The minimum Gasteiger partial charge on any atom is -0.491 e. The van der Waals surface area contributed by atoms with E-state index in [9.17, 15) is 9.59 Å². The minimum absolute atomic E-state index is 0.118. The highest BCUT2D eigenvalue weighted by Crippen LogP contribution is 2.37. The van der Waals surface area contributed by atoms with Crippen LogP contribution in [0.5, 0.6) is 5.75 Å². The summed E-state index contributed by atoms with van der Waals surface area (Å²) in [6.07, 6.45) is 1.93. The van der Waals surface area contributed by atoms with E-state index in [1.807, 2.05) is 48.0 Å². The molecular weight excluding hydrogens is 280 g/mol. The van der Waals surface area contributed by atoms with Crippen LogP contribution in [0.1, 0.15) is 6.92 Å². The average molecular weight is 294 g/mol. The van der Waals surface area contributed by atoms with Gasteiger partial charge in [-0.15, -0.1) is 0 Å². The molecule has 0 saturated carbocycles. The fourth-order valence-electron chi connectivity index (χ4n) is 3.25. The largest absolute Gasteiger partial charge is 0.491 e. The molecule has 0 bridgehead atoms. The molecule has 2 aliphatic rings. The van der Waals surface area contributed by atoms with Gasteiger partial charge >= 0.3 is 5.56 Å². The second-order valence-electron chi connectivity index (χ2n) is 5.23. The predicted octanol–water partition coefficient (Wildman–Crippen LogP) is 2.19. The van der Waals surface area contributed by atoms with Gasteiger partial charge in [0.2, 0.25) is 0 Å². The maximum Gasteiger partial charge on any atom is 0.307 e. The van der Waals surface area contributed by atoms with E-state index in [1.54, 1.807) is 0 Å². The molecule has 0 aliphatic carbocycles. The highest BCUT2D eigenvalue weighted by atomic mass is 16.5. The molecule has 1 aromatic carbocycles. The summed E-state index contributed by atoms with van der Waals surface area (Å²) in [4.78, 5) is 25.0. The van der Waals surface area contributed by atoms with Crippen LogP contribution in [0.2, 0.25) is 0 Å². The molecule has 2 aliphatic heterocycles. The number of fused-ring (bicyclic) bond motifs is 3. The van der Waals surface area contributed by atoms with Crippen molar-refractivity contribution in [2.45, 2.75) is 13.5 Å². The molecule has 5 nitrogen and oxygen atoms in total. The lowest BCUT2D eigenvalue weighted by Crippen LogP contribution is -2.33. The summed E-state index contributed by atoms with van der Waals surface area (Å²) >= 11 is 0. The molecule has 5 heteroatoms. The van der Waals surface area contributed by atoms with E-state index >= 15 is 0 Å². The van der Waals surface area contributed by atoms with E-state index in [-0.39, 0.29) is 5.75 Å². The summed E-state index contributed by atoms with van der Waals surface area (Å²) < 4.78 is 8.71. The van der Waals surface area contributed by atoms with Crippen molar-refractivity contribution in [1.82, 2.24) is 8.97 Å². The van der Waals surface area contributed by atoms with Crippen LogP contribution in [0.4, 0.5) is 0 Å². The molecule has 0 spiro atoms. The summed E-state index contributed by atoms with van der Waals surface area (Å²) in [5, 5.41) is 1.91. The van der Waals surface area contributed by atoms with Crippen LogP contribution in [-0.4, -0.2) is 16.1 Å². The molecule has 0 unspecified atom stereocenters. The fraction of sp³-hybridized carbons (Fsp3) is 0.176. The van der Waals surface area contributed by atoms with E-state index in [1.165, 1.54) is 11.5 Å². The van der Waals surface area contributed by atoms with Crippen molar-refractivity contribution in [3.8, 4) is 17.1 Å². The maximum atomic E-state index is 12.6. The van der Waals surface area contributed by atoms with Gasteiger partial charge in [-0.3, -0.25) is 14.0 Å². The number of aromatic nitrogens is 2. The van der Waals surface area contributed by atoms with Crippen molar-refractivity contribution in [2.24, 2.45) is 0 Å². The van der Waals surface area contributed by atoms with Gasteiger partial charge in [-0.1, -0.05) is 18.2 Å². The minimum atomic E-state index is -0.606. The van der Waals surface area contributed by atoms with Gasteiger partial charge in [0, 0.05) is 23.5 Å². The summed E-state index contributed by atoms with van der Waals surface area (Å²) in [6.45, 7) is 2.67. The van der Waals surface area contributed by atoms with Crippen molar-refractivity contribution >= 4 is 16.3 Å². The van der Waals surface area contributed by atoms with E-state index in [2.05, 4.69) is 0 Å². The van der Waals surface area contributed by atoms with Gasteiger partial charge in [0.1, 0.15) is 5.69 Å². The number of para-hydroxylation sites is 1. The molecule has 0 saturated heterocycles. The Balaban J connectivity index is 2.44. The lowest BCUT2D eigenvalue weighted by Gasteiger charge is -2.17. The van der Waals surface area contributed by atoms with Gasteiger partial charge in [0.05, 0.1) is 18.3 Å². The molecule has 0 fully saturated rings.